The zero-order valence-electron chi connectivity index (χ0n) is 11.5. The Hall–Kier alpha value is -1.22. The van der Waals surface area contributed by atoms with Gasteiger partial charge in [0.1, 0.15) is 0 Å². The van der Waals surface area contributed by atoms with Gasteiger partial charge in [-0.3, -0.25) is 0 Å². The highest BCUT2D eigenvalue weighted by atomic mass is 16.5. The number of nitrogens with one attached hydrogen (secondary N) is 1. The summed E-state index contributed by atoms with van der Waals surface area (Å²) in [6.45, 7) is 3.17. The third-order valence-electron chi connectivity index (χ3n) is 3.90. The predicted octanol–water partition coefficient (Wildman–Crippen LogP) is 2.98. The van der Waals surface area contributed by atoms with E-state index in [9.17, 15) is 0 Å². The molecule has 0 bridgehead atoms. The molecule has 0 aromatic heterocycles. The molecule has 18 heavy (non-hydrogen) atoms. The normalized spacial score (nSPS) is 23.1. The molecule has 0 spiro atoms. The van der Waals surface area contributed by atoms with Gasteiger partial charge < -0.3 is 14.8 Å². The van der Waals surface area contributed by atoms with E-state index in [-0.39, 0.29) is 0 Å². The van der Waals surface area contributed by atoms with Crippen molar-refractivity contribution in [3.05, 3.63) is 23.8 Å². The number of hydrogen-bond acceptors (Lipinski definition) is 3. The summed E-state index contributed by atoms with van der Waals surface area (Å²) in [5.74, 6) is 2.43. The number of hydrogen-bond donors (Lipinski definition) is 1. The molecule has 1 saturated carbocycles. The molecule has 0 amide bonds. The van der Waals surface area contributed by atoms with Crippen LogP contribution in [0.2, 0.25) is 0 Å². The van der Waals surface area contributed by atoms with Crippen molar-refractivity contribution in [1.82, 2.24) is 5.32 Å². The summed E-state index contributed by atoms with van der Waals surface area (Å²) >= 11 is 0. The van der Waals surface area contributed by atoms with Gasteiger partial charge in [0.2, 0.25) is 0 Å². The molecule has 0 radical (unpaired) electrons. The molecular weight excluding hydrogens is 226 g/mol. The van der Waals surface area contributed by atoms with Gasteiger partial charge in [-0.1, -0.05) is 25.5 Å². The SMILES string of the molecule is COc1cccc(CNC2CCCC2C)c1OC. The summed E-state index contributed by atoms with van der Waals surface area (Å²) in [7, 11) is 3.37. The van der Waals surface area contributed by atoms with Gasteiger partial charge in [-0.15, -0.1) is 0 Å². The molecule has 0 heterocycles. The average molecular weight is 249 g/mol. The van der Waals surface area contributed by atoms with E-state index < -0.39 is 0 Å². The van der Waals surface area contributed by atoms with Gasteiger partial charge in [-0.25, -0.2) is 0 Å². The summed E-state index contributed by atoms with van der Waals surface area (Å²) in [5.41, 5.74) is 1.16. The zero-order valence-corrected chi connectivity index (χ0v) is 11.5. The van der Waals surface area contributed by atoms with Crippen molar-refractivity contribution in [2.24, 2.45) is 5.92 Å². The van der Waals surface area contributed by atoms with Gasteiger partial charge in [0.05, 0.1) is 14.2 Å². The first-order valence-electron chi connectivity index (χ1n) is 6.69. The van der Waals surface area contributed by atoms with Crippen LogP contribution in [0.15, 0.2) is 18.2 Å². The Morgan fingerprint density at radius 3 is 2.67 bits per heavy atom. The van der Waals surface area contributed by atoms with Crippen molar-refractivity contribution in [2.75, 3.05) is 14.2 Å². The van der Waals surface area contributed by atoms with Crippen LogP contribution in [0, 0.1) is 5.92 Å². The quantitative estimate of drug-likeness (QED) is 0.870. The van der Waals surface area contributed by atoms with Gasteiger partial charge in [-0.05, 0) is 24.8 Å². The second kappa shape index (κ2) is 6.10. The molecule has 1 aromatic rings. The summed E-state index contributed by atoms with van der Waals surface area (Å²) in [6, 6.07) is 6.67. The van der Waals surface area contributed by atoms with Crippen LogP contribution in [0.25, 0.3) is 0 Å². The predicted molar refractivity (Wildman–Crippen MR) is 73.2 cm³/mol. The van der Waals surface area contributed by atoms with Crippen LogP contribution in [0.4, 0.5) is 0 Å². The standard InChI is InChI=1S/C15H23NO2/c1-11-6-4-8-13(11)16-10-12-7-5-9-14(17-2)15(12)18-3/h5,7,9,11,13,16H,4,6,8,10H2,1-3H3. The van der Waals surface area contributed by atoms with E-state index in [2.05, 4.69) is 18.3 Å². The van der Waals surface area contributed by atoms with E-state index >= 15 is 0 Å². The first-order valence-corrected chi connectivity index (χ1v) is 6.69. The van der Waals surface area contributed by atoms with Crippen molar-refractivity contribution < 1.29 is 9.47 Å². The monoisotopic (exact) mass is 249 g/mol. The lowest BCUT2D eigenvalue weighted by atomic mass is 10.1. The van der Waals surface area contributed by atoms with E-state index in [0.717, 1.165) is 29.5 Å². The van der Waals surface area contributed by atoms with Crippen LogP contribution in [0.5, 0.6) is 11.5 Å². The van der Waals surface area contributed by atoms with Crippen LogP contribution in [0.3, 0.4) is 0 Å². The molecule has 3 heteroatoms. The highest BCUT2D eigenvalue weighted by molar-refractivity contribution is 5.46. The molecule has 100 valence electrons. The van der Waals surface area contributed by atoms with E-state index in [1.165, 1.54) is 19.3 Å². The molecule has 1 aliphatic carbocycles. The maximum atomic E-state index is 5.44. The molecule has 0 saturated heterocycles. The maximum Gasteiger partial charge on any atom is 0.165 e. The van der Waals surface area contributed by atoms with Crippen molar-refractivity contribution in [3.63, 3.8) is 0 Å². The Morgan fingerprint density at radius 1 is 1.22 bits per heavy atom. The van der Waals surface area contributed by atoms with Gasteiger partial charge in [0.15, 0.2) is 11.5 Å². The van der Waals surface area contributed by atoms with Crippen molar-refractivity contribution >= 4 is 0 Å². The van der Waals surface area contributed by atoms with Crippen molar-refractivity contribution in [3.8, 4) is 11.5 Å². The zero-order chi connectivity index (χ0) is 13.0. The van der Waals surface area contributed by atoms with Crippen LogP contribution >= 0.6 is 0 Å². The topological polar surface area (TPSA) is 30.5 Å². The fraction of sp³-hybridized carbons (Fsp3) is 0.600. The molecule has 2 atom stereocenters. The Labute approximate surface area is 109 Å². The fourth-order valence-electron chi connectivity index (χ4n) is 2.78. The molecule has 1 fully saturated rings. The lowest BCUT2D eigenvalue weighted by Crippen LogP contribution is -2.30. The second-order valence-corrected chi connectivity index (χ2v) is 5.05. The fourth-order valence-corrected chi connectivity index (χ4v) is 2.78. The number of methoxy groups -OCH3 is 2. The van der Waals surface area contributed by atoms with Gasteiger partial charge in [0.25, 0.3) is 0 Å². The van der Waals surface area contributed by atoms with E-state index in [0.29, 0.717) is 6.04 Å². The van der Waals surface area contributed by atoms with E-state index in [1.807, 2.05) is 12.1 Å². The highest BCUT2D eigenvalue weighted by Gasteiger charge is 2.23. The third-order valence-corrected chi connectivity index (χ3v) is 3.90. The maximum absolute atomic E-state index is 5.44. The Bertz CT molecular complexity index is 392. The minimum atomic E-state index is 0.640. The molecule has 0 aliphatic heterocycles. The Morgan fingerprint density at radius 2 is 2.06 bits per heavy atom. The van der Waals surface area contributed by atoms with Crippen molar-refractivity contribution in [1.29, 1.82) is 0 Å². The summed E-state index contributed by atoms with van der Waals surface area (Å²) < 4.78 is 10.8. The van der Waals surface area contributed by atoms with Gasteiger partial charge in [-0.2, -0.15) is 0 Å². The minimum absolute atomic E-state index is 0.640. The number of benzene rings is 1. The van der Waals surface area contributed by atoms with E-state index in [1.54, 1.807) is 14.2 Å². The average Bonchev–Trinajstić information content (AvgIpc) is 2.81. The first kappa shape index (κ1) is 13.2. The van der Waals surface area contributed by atoms with Crippen LogP contribution < -0.4 is 14.8 Å². The number of para-hydroxylation sites is 1. The first-order chi connectivity index (χ1) is 8.76. The van der Waals surface area contributed by atoms with Crippen LogP contribution in [-0.4, -0.2) is 20.3 Å². The Balaban J connectivity index is 2.04. The molecule has 2 rings (SSSR count). The number of rotatable bonds is 5. The molecule has 1 aromatic carbocycles. The smallest absolute Gasteiger partial charge is 0.165 e. The third kappa shape index (κ3) is 2.78. The Kier molecular flexibility index (Phi) is 4.48. The summed E-state index contributed by atoms with van der Waals surface area (Å²) in [6.07, 6.45) is 3.97. The number of ether oxygens (including phenoxy) is 2. The lowest BCUT2D eigenvalue weighted by Gasteiger charge is -2.19. The summed E-state index contributed by atoms with van der Waals surface area (Å²) in [5, 5.41) is 3.64. The van der Waals surface area contributed by atoms with E-state index in [4.69, 9.17) is 9.47 Å². The largest absolute Gasteiger partial charge is 0.493 e. The highest BCUT2D eigenvalue weighted by Crippen LogP contribution is 2.31. The molecule has 1 N–H and O–H groups in total. The van der Waals surface area contributed by atoms with Crippen LogP contribution in [0.1, 0.15) is 31.7 Å². The van der Waals surface area contributed by atoms with Gasteiger partial charge >= 0.3 is 0 Å². The molecule has 1 aliphatic rings. The van der Waals surface area contributed by atoms with Crippen LogP contribution in [-0.2, 0) is 6.54 Å². The van der Waals surface area contributed by atoms with Crippen molar-refractivity contribution in [2.45, 2.75) is 38.8 Å². The lowest BCUT2D eigenvalue weighted by molar-refractivity contribution is 0.348. The molecular formula is C15H23NO2. The second-order valence-electron chi connectivity index (χ2n) is 5.05. The summed E-state index contributed by atoms with van der Waals surface area (Å²) in [4.78, 5) is 0. The minimum Gasteiger partial charge on any atom is -0.493 e. The molecule has 2 unspecified atom stereocenters. The van der Waals surface area contributed by atoms with Gasteiger partial charge in [0, 0.05) is 18.2 Å². The molecule has 3 nitrogen and oxygen atoms in total.